The molecular formula is C13H21N3S2. The third kappa shape index (κ3) is 3.54. The zero-order valence-electron chi connectivity index (χ0n) is 11.5. The molecular weight excluding hydrogens is 262 g/mol. The Hall–Kier alpha value is -0.420. The van der Waals surface area contributed by atoms with Gasteiger partial charge in [-0.15, -0.1) is 11.8 Å². The van der Waals surface area contributed by atoms with Crippen LogP contribution >= 0.6 is 23.5 Å². The van der Waals surface area contributed by atoms with Crippen LogP contribution in [0.5, 0.6) is 0 Å². The minimum atomic E-state index is 0.259. The van der Waals surface area contributed by atoms with Crippen LogP contribution < -0.4 is 5.32 Å². The molecule has 18 heavy (non-hydrogen) atoms. The summed E-state index contributed by atoms with van der Waals surface area (Å²) >= 11 is 3.83. The van der Waals surface area contributed by atoms with Crippen molar-refractivity contribution in [1.29, 1.82) is 0 Å². The van der Waals surface area contributed by atoms with Gasteiger partial charge >= 0.3 is 0 Å². The van der Waals surface area contributed by atoms with Crippen LogP contribution in [0.25, 0.3) is 0 Å². The molecule has 0 saturated carbocycles. The normalized spacial score (nSPS) is 14.7. The van der Waals surface area contributed by atoms with Crippen molar-refractivity contribution in [2.45, 2.75) is 49.7 Å². The van der Waals surface area contributed by atoms with Crippen molar-refractivity contribution in [2.75, 3.05) is 11.9 Å². The fourth-order valence-corrected chi connectivity index (χ4v) is 3.49. The van der Waals surface area contributed by atoms with Crippen LogP contribution in [0.4, 0.5) is 5.82 Å². The van der Waals surface area contributed by atoms with Crippen LogP contribution in [0.2, 0.25) is 0 Å². The largest absolute Gasteiger partial charge is 0.370 e. The number of anilines is 1. The molecule has 100 valence electrons. The maximum absolute atomic E-state index is 4.71. The Morgan fingerprint density at radius 1 is 1.28 bits per heavy atom. The van der Waals surface area contributed by atoms with Gasteiger partial charge in [0.2, 0.25) is 0 Å². The summed E-state index contributed by atoms with van der Waals surface area (Å²) in [5.74, 6) is 4.98. The second kappa shape index (κ2) is 5.70. The van der Waals surface area contributed by atoms with Crippen molar-refractivity contribution < 1.29 is 0 Å². The minimum Gasteiger partial charge on any atom is -0.370 e. The predicted molar refractivity (Wildman–Crippen MR) is 82.2 cm³/mol. The van der Waals surface area contributed by atoms with E-state index in [0.717, 1.165) is 35.4 Å². The molecule has 0 radical (unpaired) electrons. The highest BCUT2D eigenvalue weighted by Crippen LogP contribution is 2.34. The van der Waals surface area contributed by atoms with Gasteiger partial charge < -0.3 is 5.32 Å². The second-order valence-corrected chi connectivity index (χ2v) is 8.13. The Kier molecular flexibility index (Phi) is 4.43. The number of nitrogens with zero attached hydrogens (tertiary/aromatic N) is 2. The summed E-state index contributed by atoms with van der Waals surface area (Å²) in [6.07, 6.45) is 0. The summed E-state index contributed by atoms with van der Waals surface area (Å²) < 4.78 is 0.259. The van der Waals surface area contributed by atoms with Gasteiger partial charge in [-0.2, -0.15) is 11.8 Å². The van der Waals surface area contributed by atoms with Gasteiger partial charge in [-0.3, -0.25) is 0 Å². The Balaban J connectivity index is 2.19. The molecule has 5 heteroatoms. The molecule has 2 heterocycles. The summed E-state index contributed by atoms with van der Waals surface area (Å²) in [6.45, 7) is 9.71. The maximum atomic E-state index is 4.71. The van der Waals surface area contributed by atoms with Gasteiger partial charge in [-0.05, 0) is 6.92 Å². The molecule has 0 fully saturated rings. The molecule has 0 unspecified atom stereocenters. The lowest BCUT2D eigenvalue weighted by Gasteiger charge is -2.17. The van der Waals surface area contributed by atoms with Crippen LogP contribution in [-0.2, 0) is 17.3 Å². The van der Waals surface area contributed by atoms with E-state index in [-0.39, 0.29) is 4.75 Å². The number of thioether (sulfide) groups is 2. The van der Waals surface area contributed by atoms with Gasteiger partial charge in [0.25, 0.3) is 0 Å². The van der Waals surface area contributed by atoms with E-state index in [1.165, 1.54) is 11.3 Å². The lowest BCUT2D eigenvalue weighted by molar-refractivity contribution is 0.799. The number of hydrogen-bond acceptors (Lipinski definition) is 5. The zero-order valence-corrected chi connectivity index (χ0v) is 13.2. The van der Waals surface area contributed by atoms with Crippen molar-refractivity contribution in [1.82, 2.24) is 9.97 Å². The molecule has 0 aromatic carbocycles. The van der Waals surface area contributed by atoms with E-state index in [2.05, 4.69) is 38.0 Å². The lowest BCUT2D eigenvalue weighted by Crippen LogP contribution is -2.11. The lowest BCUT2D eigenvalue weighted by atomic mass is 10.2. The fraction of sp³-hybridized carbons (Fsp3) is 0.692. The molecule has 0 amide bonds. The SMILES string of the molecule is CCNc1nc(CSC(C)(C)C)nc2c1CSC2. The third-order valence-corrected chi connectivity index (χ3v) is 4.84. The van der Waals surface area contributed by atoms with Crippen LogP contribution in [0, 0.1) is 0 Å². The predicted octanol–water partition coefficient (Wildman–Crippen LogP) is 3.69. The van der Waals surface area contributed by atoms with Crippen LogP contribution in [0.1, 0.15) is 44.8 Å². The highest BCUT2D eigenvalue weighted by atomic mass is 32.2. The van der Waals surface area contributed by atoms with E-state index in [1.54, 1.807) is 0 Å². The van der Waals surface area contributed by atoms with E-state index in [4.69, 9.17) is 4.98 Å². The van der Waals surface area contributed by atoms with Gasteiger partial charge in [0.15, 0.2) is 0 Å². The quantitative estimate of drug-likeness (QED) is 0.912. The molecule has 0 aliphatic carbocycles. The van der Waals surface area contributed by atoms with Gasteiger partial charge in [0.05, 0.1) is 11.4 Å². The number of aromatic nitrogens is 2. The highest BCUT2D eigenvalue weighted by molar-refractivity contribution is 7.99. The van der Waals surface area contributed by atoms with Crippen molar-refractivity contribution in [3.05, 3.63) is 17.1 Å². The van der Waals surface area contributed by atoms with Crippen molar-refractivity contribution >= 4 is 29.3 Å². The smallest absolute Gasteiger partial charge is 0.140 e. The van der Waals surface area contributed by atoms with Crippen LogP contribution in [-0.4, -0.2) is 21.3 Å². The molecule has 0 atom stereocenters. The number of fused-ring (bicyclic) bond motifs is 1. The molecule has 1 aliphatic heterocycles. The van der Waals surface area contributed by atoms with Gasteiger partial charge in [-0.25, -0.2) is 9.97 Å². The Bertz CT molecular complexity index is 427. The van der Waals surface area contributed by atoms with Gasteiger partial charge in [0.1, 0.15) is 11.6 Å². The Labute approximate surface area is 118 Å². The topological polar surface area (TPSA) is 37.8 Å². The van der Waals surface area contributed by atoms with Crippen LogP contribution in [0.15, 0.2) is 0 Å². The van der Waals surface area contributed by atoms with Crippen LogP contribution in [0.3, 0.4) is 0 Å². The Morgan fingerprint density at radius 2 is 2.06 bits per heavy atom. The zero-order chi connectivity index (χ0) is 13.2. The molecule has 0 spiro atoms. The van der Waals surface area contributed by atoms with E-state index in [1.807, 2.05) is 23.5 Å². The van der Waals surface area contributed by atoms with E-state index < -0.39 is 0 Å². The molecule has 0 saturated heterocycles. The first-order valence-electron chi connectivity index (χ1n) is 6.34. The number of nitrogens with one attached hydrogen (secondary N) is 1. The molecule has 3 nitrogen and oxygen atoms in total. The average Bonchev–Trinajstić information content (AvgIpc) is 2.74. The summed E-state index contributed by atoms with van der Waals surface area (Å²) in [7, 11) is 0. The van der Waals surface area contributed by atoms with Crippen molar-refractivity contribution in [2.24, 2.45) is 0 Å². The monoisotopic (exact) mass is 283 g/mol. The Morgan fingerprint density at radius 3 is 2.72 bits per heavy atom. The fourth-order valence-electron chi connectivity index (χ4n) is 1.76. The van der Waals surface area contributed by atoms with Crippen molar-refractivity contribution in [3.63, 3.8) is 0 Å². The maximum Gasteiger partial charge on any atom is 0.140 e. The second-order valence-electron chi connectivity index (χ2n) is 5.34. The standard InChI is InChI=1S/C13H21N3S2/c1-5-14-12-9-6-17-7-10(9)15-11(16-12)8-18-13(2,3)4/h5-8H2,1-4H3,(H,14,15,16). The summed E-state index contributed by atoms with van der Waals surface area (Å²) in [4.78, 5) is 9.39. The summed E-state index contributed by atoms with van der Waals surface area (Å²) in [6, 6.07) is 0. The minimum absolute atomic E-state index is 0.259. The van der Waals surface area contributed by atoms with E-state index >= 15 is 0 Å². The van der Waals surface area contributed by atoms with Gasteiger partial charge in [-0.1, -0.05) is 20.8 Å². The highest BCUT2D eigenvalue weighted by Gasteiger charge is 2.20. The molecule has 1 aromatic rings. The molecule has 2 rings (SSSR count). The first kappa shape index (κ1) is 14.0. The average molecular weight is 283 g/mol. The molecule has 0 bridgehead atoms. The number of rotatable bonds is 4. The van der Waals surface area contributed by atoms with E-state index in [0.29, 0.717) is 0 Å². The van der Waals surface area contributed by atoms with Crippen molar-refractivity contribution in [3.8, 4) is 0 Å². The summed E-state index contributed by atoms with van der Waals surface area (Å²) in [5, 5.41) is 3.37. The van der Waals surface area contributed by atoms with Gasteiger partial charge in [0, 0.05) is 28.4 Å². The third-order valence-electron chi connectivity index (χ3n) is 2.60. The summed E-state index contributed by atoms with van der Waals surface area (Å²) in [5.41, 5.74) is 2.54. The first-order chi connectivity index (χ1) is 8.49. The first-order valence-corrected chi connectivity index (χ1v) is 8.48. The molecule has 1 aliphatic rings. The molecule has 1 aromatic heterocycles. The number of hydrogen-bond donors (Lipinski definition) is 1. The van der Waals surface area contributed by atoms with E-state index in [9.17, 15) is 0 Å². The molecule has 1 N–H and O–H groups in total.